The molecular weight excluding hydrogens is 494 g/mol. The number of aromatic nitrogens is 5. The first-order chi connectivity index (χ1) is 17.2. The van der Waals surface area contributed by atoms with Gasteiger partial charge in [0, 0.05) is 51.1 Å². The highest BCUT2D eigenvalue weighted by Crippen LogP contribution is 2.33. The predicted molar refractivity (Wildman–Crippen MR) is 146 cm³/mol. The molecule has 3 aromatic rings. The van der Waals surface area contributed by atoms with Crippen molar-refractivity contribution in [1.29, 1.82) is 0 Å². The van der Waals surface area contributed by atoms with E-state index in [1.54, 1.807) is 15.6 Å². The second kappa shape index (κ2) is 10.2. The van der Waals surface area contributed by atoms with Gasteiger partial charge in [-0.05, 0) is 25.8 Å². The van der Waals surface area contributed by atoms with Gasteiger partial charge < -0.3 is 14.4 Å². The molecule has 5 heterocycles. The average Bonchev–Trinajstić information content (AvgIpc) is 3.56. The SMILES string of the molecule is C[C@@H]1COCCN1c1cc(N=S2(=O)CCCC2)c2cnn(-c3ccn(COCC[Si](C)(C)C)n3)c2n1. The first kappa shape index (κ1) is 25.4. The second-order valence-electron chi connectivity index (χ2n) is 11.0. The van der Waals surface area contributed by atoms with Gasteiger partial charge in [0.1, 0.15) is 12.5 Å². The number of pyridine rings is 1. The van der Waals surface area contributed by atoms with Crippen LogP contribution < -0.4 is 4.90 Å². The molecule has 2 fully saturated rings. The molecule has 0 amide bonds. The maximum absolute atomic E-state index is 13.3. The third-order valence-corrected chi connectivity index (χ3v) is 10.8. The summed E-state index contributed by atoms with van der Waals surface area (Å²) in [4.78, 5) is 7.23. The summed E-state index contributed by atoms with van der Waals surface area (Å²) >= 11 is 0. The molecule has 12 heteroatoms. The number of morpholine rings is 1. The van der Waals surface area contributed by atoms with E-state index in [4.69, 9.17) is 18.8 Å². The number of ether oxygens (including phenoxy) is 2. The Morgan fingerprint density at radius 3 is 2.81 bits per heavy atom. The van der Waals surface area contributed by atoms with Gasteiger partial charge in [-0.2, -0.15) is 19.2 Å². The number of fused-ring (bicyclic) bond motifs is 1. The molecule has 0 unspecified atom stereocenters. The Hall–Kier alpha value is -2.28. The molecule has 0 saturated carbocycles. The molecule has 10 nitrogen and oxygen atoms in total. The van der Waals surface area contributed by atoms with Gasteiger partial charge in [0.05, 0.1) is 46.3 Å². The summed E-state index contributed by atoms with van der Waals surface area (Å²) in [5.74, 6) is 2.76. The van der Waals surface area contributed by atoms with Crippen molar-refractivity contribution in [3.63, 3.8) is 0 Å². The number of anilines is 1. The number of nitrogens with zero attached hydrogens (tertiary/aromatic N) is 7. The van der Waals surface area contributed by atoms with Gasteiger partial charge in [0.25, 0.3) is 0 Å². The molecule has 0 aromatic carbocycles. The van der Waals surface area contributed by atoms with Gasteiger partial charge in [0.15, 0.2) is 11.5 Å². The molecule has 36 heavy (non-hydrogen) atoms. The minimum absolute atomic E-state index is 0.181. The summed E-state index contributed by atoms with van der Waals surface area (Å²) in [5.41, 5.74) is 1.36. The van der Waals surface area contributed by atoms with Crippen LogP contribution in [-0.2, 0) is 25.9 Å². The lowest BCUT2D eigenvalue weighted by molar-refractivity contribution is 0.0785. The van der Waals surface area contributed by atoms with E-state index in [9.17, 15) is 4.21 Å². The van der Waals surface area contributed by atoms with Crippen LogP contribution in [0.4, 0.5) is 11.5 Å². The molecule has 3 aromatic heterocycles. The molecule has 0 aliphatic carbocycles. The summed E-state index contributed by atoms with van der Waals surface area (Å²) in [7, 11) is -3.38. The van der Waals surface area contributed by atoms with E-state index in [1.807, 2.05) is 18.3 Å². The highest BCUT2D eigenvalue weighted by atomic mass is 32.2. The van der Waals surface area contributed by atoms with E-state index in [0.717, 1.165) is 43.2 Å². The molecule has 0 radical (unpaired) electrons. The van der Waals surface area contributed by atoms with Crippen LogP contribution in [0.15, 0.2) is 28.9 Å². The van der Waals surface area contributed by atoms with Gasteiger partial charge in [0.2, 0.25) is 0 Å². The Morgan fingerprint density at radius 1 is 1.25 bits per heavy atom. The van der Waals surface area contributed by atoms with Crippen LogP contribution in [0, 0.1) is 0 Å². The maximum Gasteiger partial charge on any atom is 0.177 e. The number of hydrogen-bond donors (Lipinski definition) is 0. The molecule has 5 rings (SSSR count). The zero-order valence-corrected chi connectivity index (χ0v) is 23.5. The van der Waals surface area contributed by atoms with Crippen LogP contribution in [0.25, 0.3) is 16.9 Å². The Bertz CT molecular complexity index is 1330. The van der Waals surface area contributed by atoms with Crippen molar-refractivity contribution in [3.05, 3.63) is 24.5 Å². The lowest BCUT2D eigenvalue weighted by Crippen LogP contribution is -2.44. The Balaban J connectivity index is 1.49. The van der Waals surface area contributed by atoms with Gasteiger partial charge in [-0.1, -0.05) is 19.6 Å². The van der Waals surface area contributed by atoms with Gasteiger partial charge in [-0.25, -0.2) is 13.9 Å². The molecule has 0 bridgehead atoms. The standard InChI is InChI=1S/C24H37N7O3SSi/c1-19-17-33-10-9-30(19)23-15-21(28-35(32)12-5-6-13-35)20-16-25-31(24(20)26-23)22-7-8-29(27-22)18-34-11-14-36(2,3)4/h7-8,15-16,19H,5-6,9-14,17-18H2,1-4H3/t19-/m1/s1. The fourth-order valence-electron chi connectivity index (χ4n) is 4.53. The van der Waals surface area contributed by atoms with Gasteiger partial charge in [-0.15, -0.1) is 0 Å². The van der Waals surface area contributed by atoms with E-state index < -0.39 is 17.8 Å². The summed E-state index contributed by atoms with van der Waals surface area (Å²) in [6.45, 7) is 12.3. The zero-order valence-electron chi connectivity index (χ0n) is 21.7. The van der Waals surface area contributed by atoms with Crippen molar-refractivity contribution in [2.45, 2.75) is 58.2 Å². The van der Waals surface area contributed by atoms with Crippen LogP contribution in [0.1, 0.15) is 19.8 Å². The molecular formula is C24H37N7O3SSi. The van der Waals surface area contributed by atoms with Crippen LogP contribution in [0.5, 0.6) is 0 Å². The lowest BCUT2D eigenvalue weighted by Gasteiger charge is -2.34. The molecule has 0 spiro atoms. The van der Waals surface area contributed by atoms with Crippen molar-refractivity contribution in [2.75, 3.05) is 42.8 Å². The van der Waals surface area contributed by atoms with E-state index in [1.165, 1.54) is 0 Å². The minimum atomic E-state index is -2.25. The molecule has 2 aliphatic heterocycles. The first-order valence-electron chi connectivity index (χ1n) is 12.8. The third kappa shape index (κ3) is 5.66. The smallest absolute Gasteiger partial charge is 0.177 e. The monoisotopic (exact) mass is 531 g/mol. The van der Waals surface area contributed by atoms with Gasteiger partial charge >= 0.3 is 0 Å². The van der Waals surface area contributed by atoms with Gasteiger partial charge in [-0.3, -0.25) is 0 Å². The van der Waals surface area contributed by atoms with E-state index in [0.29, 0.717) is 48.6 Å². The molecule has 2 aliphatic rings. The quantitative estimate of drug-likeness (QED) is 0.319. The molecule has 2 saturated heterocycles. The summed E-state index contributed by atoms with van der Waals surface area (Å²) in [5, 5.41) is 10.1. The Labute approximate surface area is 214 Å². The summed E-state index contributed by atoms with van der Waals surface area (Å²) < 4.78 is 33.2. The highest BCUT2D eigenvalue weighted by Gasteiger charge is 2.24. The Morgan fingerprint density at radius 2 is 2.06 bits per heavy atom. The first-order valence-corrected chi connectivity index (χ1v) is 18.3. The summed E-state index contributed by atoms with van der Waals surface area (Å²) in [6.07, 6.45) is 5.57. The van der Waals surface area contributed by atoms with Crippen molar-refractivity contribution < 1.29 is 13.7 Å². The topological polar surface area (TPSA) is 99.7 Å². The van der Waals surface area contributed by atoms with E-state index >= 15 is 0 Å². The van der Waals surface area contributed by atoms with Crippen molar-refractivity contribution in [3.8, 4) is 5.82 Å². The van der Waals surface area contributed by atoms with Crippen LogP contribution in [0.2, 0.25) is 25.7 Å². The maximum atomic E-state index is 13.3. The fraction of sp³-hybridized carbons (Fsp3) is 0.625. The van der Waals surface area contributed by atoms with Crippen LogP contribution in [0.3, 0.4) is 0 Å². The molecule has 196 valence electrons. The fourth-order valence-corrected chi connectivity index (χ4v) is 7.49. The largest absolute Gasteiger partial charge is 0.377 e. The minimum Gasteiger partial charge on any atom is -0.377 e. The molecule has 1 atom stereocenters. The summed E-state index contributed by atoms with van der Waals surface area (Å²) in [6, 6.07) is 5.17. The normalized spacial score (nSPS) is 20.3. The predicted octanol–water partition coefficient (Wildman–Crippen LogP) is 4.05. The van der Waals surface area contributed by atoms with Crippen LogP contribution in [-0.4, -0.2) is 80.7 Å². The van der Waals surface area contributed by atoms with Crippen molar-refractivity contribution in [1.82, 2.24) is 24.5 Å². The van der Waals surface area contributed by atoms with E-state index in [-0.39, 0.29) is 6.04 Å². The Kier molecular flexibility index (Phi) is 7.21. The third-order valence-electron chi connectivity index (χ3n) is 6.67. The lowest BCUT2D eigenvalue weighted by atomic mass is 10.2. The zero-order chi connectivity index (χ0) is 25.3. The van der Waals surface area contributed by atoms with E-state index in [2.05, 4.69) is 41.7 Å². The molecule has 0 N–H and O–H groups in total. The highest BCUT2D eigenvalue weighted by molar-refractivity contribution is 7.93. The number of rotatable bonds is 8. The van der Waals surface area contributed by atoms with Crippen LogP contribution >= 0.6 is 0 Å². The number of hydrogen-bond acceptors (Lipinski definition) is 8. The van der Waals surface area contributed by atoms with Crippen molar-refractivity contribution >= 4 is 40.3 Å². The average molecular weight is 532 g/mol. The second-order valence-corrected chi connectivity index (χ2v) is 19.1. The van der Waals surface area contributed by atoms with Crippen molar-refractivity contribution in [2.24, 2.45) is 4.36 Å².